The van der Waals surface area contributed by atoms with Crippen LogP contribution in [0.5, 0.6) is 0 Å². The molecule has 0 bridgehead atoms. The smallest absolute Gasteiger partial charge is 0.161 e. The van der Waals surface area contributed by atoms with Crippen molar-refractivity contribution >= 4 is 17.1 Å². The molecule has 0 aliphatic rings. The number of ketones is 1. The highest BCUT2D eigenvalue weighted by atomic mass is 32.1. The molecule has 0 saturated heterocycles. The number of carbonyl (C=O) groups excluding carboxylic acids is 1. The third kappa shape index (κ3) is 3.12. The van der Waals surface area contributed by atoms with Gasteiger partial charge in [-0.05, 0) is 31.9 Å². The molecule has 4 heteroatoms. The zero-order valence-electron chi connectivity index (χ0n) is 11.8. The predicted molar refractivity (Wildman–Crippen MR) is 79.8 cm³/mol. The first kappa shape index (κ1) is 14.4. The lowest BCUT2D eigenvalue weighted by molar-refractivity contribution is -0.118. The molecule has 0 amide bonds. The molecule has 20 heavy (non-hydrogen) atoms. The van der Waals surface area contributed by atoms with Crippen LogP contribution >= 0.6 is 11.3 Å². The predicted octanol–water partition coefficient (Wildman–Crippen LogP) is 3.49. The van der Waals surface area contributed by atoms with Gasteiger partial charge in [-0.3, -0.25) is 4.79 Å². The first-order valence-corrected chi connectivity index (χ1v) is 7.29. The van der Waals surface area contributed by atoms with E-state index in [4.69, 9.17) is 0 Å². The average molecular weight is 284 g/mol. The number of rotatable bonds is 4. The maximum Gasteiger partial charge on any atom is 0.161 e. The number of benzene rings is 1. The normalized spacial score (nSPS) is 11.9. The third-order valence-corrected chi connectivity index (χ3v) is 4.23. The molecule has 2 rings (SSSR count). The van der Waals surface area contributed by atoms with Crippen molar-refractivity contribution in [3.05, 3.63) is 51.0 Å². The van der Waals surface area contributed by atoms with E-state index in [-0.39, 0.29) is 12.2 Å². The fraction of sp³-hybridized carbons (Fsp3) is 0.312. The van der Waals surface area contributed by atoms with Crippen LogP contribution < -0.4 is 0 Å². The molecule has 0 spiro atoms. The zero-order valence-corrected chi connectivity index (χ0v) is 12.6. The minimum Gasteiger partial charge on any atom is -0.297 e. The van der Waals surface area contributed by atoms with E-state index in [9.17, 15) is 10.1 Å². The van der Waals surface area contributed by atoms with E-state index >= 15 is 0 Å². The summed E-state index contributed by atoms with van der Waals surface area (Å²) >= 11 is 1.37. The van der Waals surface area contributed by atoms with Gasteiger partial charge in [-0.1, -0.05) is 23.8 Å². The Bertz CT molecular complexity index is 682. The number of nitrogens with zero attached hydrogens (tertiary/aromatic N) is 2. The fourth-order valence-corrected chi connectivity index (χ4v) is 2.91. The number of aryl methyl sites for hydroxylation is 3. The summed E-state index contributed by atoms with van der Waals surface area (Å²) < 4.78 is 0. The standard InChI is InChI=1S/C16H16N2OS/c1-10-4-5-11(2)13(6-10)7-15(19)14(8-17)16-18-12(3)9-20-16/h4-6,9,14H,7H2,1-3H3/t14-/m1/s1. The SMILES string of the molecule is Cc1ccc(C)c(CC(=O)[C@@H](C#N)c2nc(C)cs2)c1. The van der Waals surface area contributed by atoms with Gasteiger partial charge in [0.1, 0.15) is 5.01 Å². The topological polar surface area (TPSA) is 53.8 Å². The Hall–Kier alpha value is -1.99. The van der Waals surface area contributed by atoms with E-state index < -0.39 is 5.92 Å². The summed E-state index contributed by atoms with van der Waals surface area (Å²) in [5.74, 6) is -0.843. The van der Waals surface area contributed by atoms with Crippen molar-refractivity contribution in [2.24, 2.45) is 0 Å². The highest BCUT2D eigenvalue weighted by Crippen LogP contribution is 2.23. The lowest BCUT2D eigenvalue weighted by atomic mass is 9.95. The van der Waals surface area contributed by atoms with Crippen molar-refractivity contribution in [2.75, 3.05) is 0 Å². The van der Waals surface area contributed by atoms with Crippen molar-refractivity contribution in [1.29, 1.82) is 5.26 Å². The first-order chi connectivity index (χ1) is 9.51. The maximum atomic E-state index is 12.4. The van der Waals surface area contributed by atoms with Crippen LogP contribution in [0, 0.1) is 32.1 Å². The van der Waals surface area contributed by atoms with Gasteiger partial charge in [-0.25, -0.2) is 4.98 Å². The van der Waals surface area contributed by atoms with Crippen LogP contribution in [0.1, 0.15) is 33.3 Å². The molecule has 0 aliphatic heterocycles. The molecule has 1 aromatic carbocycles. The van der Waals surface area contributed by atoms with Gasteiger partial charge in [0.2, 0.25) is 0 Å². The monoisotopic (exact) mass is 284 g/mol. The van der Waals surface area contributed by atoms with E-state index in [1.807, 2.05) is 44.4 Å². The van der Waals surface area contributed by atoms with E-state index in [1.165, 1.54) is 11.3 Å². The van der Waals surface area contributed by atoms with Gasteiger partial charge in [-0.15, -0.1) is 11.3 Å². The second-order valence-corrected chi connectivity index (χ2v) is 5.85. The van der Waals surface area contributed by atoms with Crippen molar-refractivity contribution < 1.29 is 4.79 Å². The second kappa shape index (κ2) is 5.98. The molecule has 0 aliphatic carbocycles. The maximum absolute atomic E-state index is 12.4. The Kier molecular flexibility index (Phi) is 4.31. The molecule has 3 nitrogen and oxygen atoms in total. The van der Waals surface area contributed by atoms with Crippen LogP contribution in [-0.2, 0) is 11.2 Å². The molecule has 0 fully saturated rings. The van der Waals surface area contributed by atoms with E-state index in [0.29, 0.717) is 5.01 Å². The van der Waals surface area contributed by atoms with Crippen molar-refractivity contribution in [3.8, 4) is 6.07 Å². The van der Waals surface area contributed by atoms with E-state index in [1.54, 1.807) is 0 Å². The molecular weight excluding hydrogens is 268 g/mol. The molecule has 1 aromatic heterocycles. The van der Waals surface area contributed by atoms with Crippen molar-refractivity contribution in [2.45, 2.75) is 33.1 Å². The molecule has 102 valence electrons. The zero-order chi connectivity index (χ0) is 14.7. The van der Waals surface area contributed by atoms with E-state index in [0.717, 1.165) is 22.4 Å². The van der Waals surface area contributed by atoms with Gasteiger partial charge in [0, 0.05) is 17.5 Å². The highest BCUT2D eigenvalue weighted by Gasteiger charge is 2.23. The average Bonchev–Trinajstić information content (AvgIpc) is 2.81. The van der Waals surface area contributed by atoms with Crippen molar-refractivity contribution in [1.82, 2.24) is 4.98 Å². The highest BCUT2D eigenvalue weighted by molar-refractivity contribution is 7.09. The summed E-state index contributed by atoms with van der Waals surface area (Å²) in [5, 5.41) is 11.7. The Labute approximate surface area is 122 Å². The minimum absolute atomic E-state index is 0.0875. The summed E-state index contributed by atoms with van der Waals surface area (Å²) in [5.41, 5.74) is 4.04. The Morgan fingerprint density at radius 2 is 2.15 bits per heavy atom. The number of hydrogen-bond donors (Lipinski definition) is 0. The number of Topliss-reactive ketones (excluding diaryl/α,β-unsaturated/α-hetero) is 1. The van der Waals surface area contributed by atoms with Crippen LogP contribution in [0.3, 0.4) is 0 Å². The van der Waals surface area contributed by atoms with Gasteiger partial charge in [0.15, 0.2) is 11.7 Å². The van der Waals surface area contributed by atoms with Crippen molar-refractivity contribution in [3.63, 3.8) is 0 Å². The fourth-order valence-electron chi connectivity index (χ4n) is 2.05. The minimum atomic E-state index is -0.756. The summed E-state index contributed by atoms with van der Waals surface area (Å²) in [6, 6.07) is 8.12. The van der Waals surface area contributed by atoms with E-state index in [2.05, 4.69) is 11.1 Å². The number of hydrogen-bond acceptors (Lipinski definition) is 4. The summed E-state index contributed by atoms with van der Waals surface area (Å²) in [7, 11) is 0. The summed E-state index contributed by atoms with van der Waals surface area (Å²) in [4.78, 5) is 16.6. The van der Waals surface area contributed by atoms with Crippen LogP contribution in [0.2, 0.25) is 0 Å². The first-order valence-electron chi connectivity index (χ1n) is 6.41. The Balaban J connectivity index is 2.22. The molecule has 1 atom stereocenters. The molecule has 0 saturated carbocycles. The number of carbonyl (C=O) groups is 1. The van der Waals surface area contributed by atoms with Crippen LogP contribution in [0.25, 0.3) is 0 Å². The Morgan fingerprint density at radius 1 is 1.40 bits per heavy atom. The van der Waals surface area contributed by atoms with Gasteiger partial charge >= 0.3 is 0 Å². The molecule has 0 unspecified atom stereocenters. The van der Waals surface area contributed by atoms with Gasteiger partial charge in [0.25, 0.3) is 0 Å². The number of nitriles is 1. The number of thiazole rings is 1. The van der Waals surface area contributed by atoms with Crippen LogP contribution in [0.15, 0.2) is 23.6 Å². The van der Waals surface area contributed by atoms with Gasteiger partial charge < -0.3 is 0 Å². The van der Waals surface area contributed by atoms with Crippen LogP contribution in [-0.4, -0.2) is 10.8 Å². The Morgan fingerprint density at radius 3 is 2.75 bits per heavy atom. The molecule has 0 N–H and O–H groups in total. The van der Waals surface area contributed by atoms with Gasteiger partial charge in [-0.2, -0.15) is 5.26 Å². The molecule has 1 heterocycles. The summed E-state index contributed by atoms with van der Waals surface area (Å²) in [6.07, 6.45) is 0.282. The van der Waals surface area contributed by atoms with Crippen LogP contribution in [0.4, 0.5) is 0 Å². The van der Waals surface area contributed by atoms with Gasteiger partial charge in [0.05, 0.1) is 6.07 Å². The molecule has 2 aromatic rings. The third-order valence-electron chi connectivity index (χ3n) is 3.20. The lowest BCUT2D eigenvalue weighted by Crippen LogP contribution is -2.14. The quantitative estimate of drug-likeness (QED) is 0.863. The largest absolute Gasteiger partial charge is 0.297 e. The second-order valence-electron chi connectivity index (χ2n) is 4.96. The summed E-state index contributed by atoms with van der Waals surface area (Å²) in [6.45, 7) is 5.85. The molecular formula is C16H16N2OS. The number of aromatic nitrogens is 1. The lowest BCUT2D eigenvalue weighted by Gasteiger charge is -2.08. The molecule has 0 radical (unpaired) electrons.